The largest absolute Gasteiger partial charge is 0.384 e. The van der Waals surface area contributed by atoms with E-state index >= 15 is 0 Å². The Morgan fingerprint density at radius 2 is 2.50 bits per heavy atom. The molecule has 1 aliphatic carbocycles. The van der Waals surface area contributed by atoms with Gasteiger partial charge in [0.15, 0.2) is 0 Å². The average Bonchev–Trinajstić information content (AvgIpc) is 2.63. The summed E-state index contributed by atoms with van der Waals surface area (Å²) in [5.74, 6) is 1.03. The summed E-state index contributed by atoms with van der Waals surface area (Å²) >= 11 is 1.93. The van der Waals surface area contributed by atoms with Gasteiger partial charge in [-0.1, -0.05) is 0 Å². The number of hydrogen-bond donors (Lipinski definition) is 1. The van der Waals surface area contributed by atoms with Gasteiger partial charge in [0.2, 0.25) is 0 Å². The highest BCUT2D eigenvalue weighted by Crippen LogP contribution is 2.36. The summed E-state index contributed by atoms with van der Waals surface area (Å²) < 4.78 is 5.00. The van der Waals surface area contributed by atoms with Crippen molar-refractivity contribution in [2.24, 2.45) is 0 Å². The van der Waals surface area contributed by atoms with E-state index in [0.717, 1.165) is 31.6 Å². The maximum atomic E-state index is 9.06. The van der Waals surface area contributed by atoms with Crippen LogP contribution in [0.2, 0.25) is 0 Å². The Morgan fingerprint density at radius 1 is 1.71 bits per heavy atom. The van der Waals surface area contributed by atoms with Gasteiger partial charge in [-0.15, -0.1) is 0 Å². The smallest absolute Gasteiger partial charge is 0.107 e. The van der Waals surface area contributed by atoms with E-state index in [-0.39, 0.29) is 5.54 Å². The number of nitrogens with one attached hydrogen (secondary N) is 1. The first-order valence-electron chi connectivity index (χ1n) is 4.97. The molecule has 1 rings (SSSR count). The molecule has 2 atom stereocenters. The molecule has 1 saturated carbocycles. The number of thioether (sulfide) groups is 1. The van der Waals surface area contributed by atoms with E-state index < -0.39 is 0 Å². The lowest BCUT2D eigenvalue weighted by molar-refractivity contribution is 0.218. The van der Waals surface area contributed by atoms with E-state index in [1.165, 1.54) is 0 Å². The maximum Gasteiger partial charge on any atom is 0.107 e. The topological polar surface area (TPSA) is 45.0 Å². The fourth-order valence-electron chi connectivity index (χ4n) is 1.83. The molecule has 0 spiro atoms. The molecule has 1 fully saturated rings. The summed E-state index contributed by atoms with van der Waals surface area (Å²) in [4.78, 5) is 0. The first-order chi connectivity index (χ1) is 6.76. The van der Waals surface area contributed by atoms with Gasteiger partial charge in [0.25, 0.3) is 0 Å². The van der Waals surface area contributed by atoms with E-state index in [2.05, 4.69) is 11.4 Å². The minimum atomic E-state index is -0.259. The molecule has 0 aliphatic heterocycles. The van der Waals surface area contributed by atoms with Crippen molar-refractivity contribution in [2.45, 2.75) is 30.1 Å². The standard InChI is InChI=1S/C10H18N2OS/c1-12-10(8-11)4-3-9(7-10)14-6-5-13-2/h9,12H,3-7H2,1-2H3. The zero-order valence-corrected chi connectivity index (χ0v) is 9.69. The highest BCUT2D eigenvalue weighted by Gasteiger charge is 2.37. The van der Waals surface area contributed by atoms with Gasteiger partial charge in [0, 0.05) is 18.1 Å². The zero-order valence-electron chi connectivity index (χ0n) is 8.88. The molecule has 0 radical (unpaired) electrons. The lowest BCUT2D eigenvalue weighted by Gasteiger charge is -2.19. The Balaban J connectivity index is 2.30. The summed E-state index contributed by atoms with van der Waals surface area (Å²) in [6, 6.07) is 2.39. The summed E-state index contributed by atoms with van der Waals surface area (Å²) in [6.45, 7) is 0.806. The van der Waals surface area contributed by atoms with E-state index in [9.17, 15) is 0 Å². The maximum absolute atomic E-state index is 9.06. The van der Waals surface area contributed by atoms with Gasteiger partial charge in [0.1, 0.15) is 5.54 Å². The molecule has 0 bridgehead atoms. The van der Waals surface area contributed by atoms with Crippen LogP contribution in [-0.2, 0) is 4.74 Å². The van der Waals surface area contributed by atoms with Crippen molar-refractivity contribution in [2.75, 3.05) is 26.5 Å². The minimum absolute atomic E-state index is 0.259. The molecule has 1 N–H and O–H groups in total. The van der Waals surface area contributed by atoms with E-state index in [1.807, 2.05) is 18.8 Å². The lowest BCUT2D eigenvalue weighted by Crippen LogP contribution is -2.38. The molecule has 0 heterocycles. The summed E-state index contributed by atoms with van der Waals surface area (Å²) in [7, 11) is 3.60. The third-order valence-electron chi connectivity index (χ3n) is 2.80. The third kappa shape index (κ3) is 2.88. The second kappa shape index (κ2) is 5.59. The lowest BCUT2D eigenvalue weighted by atomic mass is 10.0. The molecule has 0 saturated heterocycles. The fraction of sp³-hybridized carbons (Fsp3) is 0.900. The van der Waals surface area contributed by atoms with Gasteiger partial charge < -0.3 is 10.1 Å². The minimum Gasteiger partial charge on any atom is -0.384 e. The number of ether oxygens (including phenoxy) is 1. The van der Waals surface area contributed by atoms with Crippen molar-refractivity contribution >= 4 is 11.8 Å². The zero-order chi connectivity index (χ0) is 10.4. The van der Waals surface area contributed by atoms with Crippen LogP contribution in [0.5, 0.6) is 0 Å². The molecule has 80 valence electrons. The summed E-state index contributed by atoms with van der Waals surface area (Å²) in [5.41, 5.74) is -0.259. The number of methoxy groups -OCH3 is 1. The molecule has 3 nitrogen and oxygen atoms in total. The van der Waals surface area contributed by atoms with Crippen LogP contribution in [-0.4, -0.2) is 37.3 Å². The van der Waals surface area contributed by atoms with Gasteiger partial charge in [-0.2, -0.15) is 17.0 Å². The molecule has 2 unspecified atom stereocenters. The van der Waals surface area contributed by atoms with Crippen LogP contribution in [0.1, 0.15) is 19.3 Å². The Bertz CT molecular complexity index is 217. The Labute approximate surface area is 90.2 Å². The van der Waals surface area contributed by atoms with Crippen molar-refractivity contribution < 1.29 is 4.74 Å². The van der Waals surface area contributed by atoms with E-state index in [4.69, 9.17) is 10.00 Å². The highest BCUT2D eigenvalue weighted by molar-refractivity contribution is 7.99. The predicted octanol–water partition coefficient (Wildman–Crippen LogP) is 1.40. The molecular weight excluding hydrogens is 196 g/mol. The molecule has 0 amide bonds. The Morgan fingerprint density at radius 3 is 3.00 bits per heavy atom. The average molecular weight is 214 g/mol. The van der Waals surface area contributed by atoms with Crippen LogP contribution < -0.4 is 5.32 Å². The van der Waals surface area contributed by atoms with Crippen molar-refractivity contribution in [3.8, 4) is 6.07 Å². The van der Waals surface area contributed by atoms with Crippen molar-refractivity contribution in [3.63, 3.8) is 0 Å². The van der Waals surface area contributed by atoms with Gasteiger partial charge in [-0.05, 0) is 26.3 Å². The third-order valence-corrected chi connectivity index (χ3v) is 4.08. The van der Waals surface area contributed by atoms with Crippen LogP contribution in [0.3, 0.4) is 0 Å². The predicted molar refractivity (Wildman–Crippen MR) is 59.4 cm³/mol. The highest BCUT2D eigenvalue weighted by atomic mass is 32.2. The molecule has 1 aliphatic rings. The molecular formula is C10H18N2OS. The van der Waals surface area contributed by atoms with E-state index in [0.29, 0.717) is 5.25 Å². The van der Waals surface area contributed by atoms with Gasteiger partial charge in [-0.3, -0.25) is 0 Å². The summed E-state index contributed by atoms with van der Waals surface area (Å²) in [6.07, 6.45) is 3.09. The Kier molecular flexibility index (Phi) is 4.73. The second-order valence-corrected chi connectivity index (χ2v) is 5.08. The van der Waals surface area contributed by atoms with Crippen molar-refractivity contribution in [1.82, 2.24) is 5.32 Å². The number of nitrogens with zero attached hydrogens (tertiary/aromatic N) is 1. The normalized spacial score (nSPS) is 31.6. The molecule has 0 aromatic heterocycles. The van der Waals surface area contributed by atoms with Gasteiger partial charge >= 0.3 is 0 Å². The molecule has 14 heavy (non-hydrogen) atoms. The summed E-state index contributed by atoms with van der Waals surface area (Å²) in [5, 5.41) is 12.8. The molecule has 4 heteroatoms. The molecule has 0 aromatic rings. The monoisotopic (exact) mass is 214 g/mol. The van der Waals surface area contributed by atoms with Crippen LogP contribution in [0.25, 0.3) is 0 Å². The number of rotatable bonds is 5. The van der Waals surface area contributed by atoms with Crippen LogP contribution in [0, 0.1) is 11.3 Å². The van der Waals surface area contributed by atoms with Crippen LogP contribution in [0.4, 0.5) is 0 Å². The van der Waals surface area contributed by atoms with Crippen LogP contribution in [0.15, 0.2) is 0 Å². The van der Waals surface area contributed by atoms with Crippen molar-refractivity contribution in [1.29, 1.82) is 5.26 Å². The van der Waals surface area contributed by atoms with Gasteiger partial charge in [-0.25, -0.2) is 0 Å². The first-order valence-corrected chi connectivity index (χ1v) is 6.02. The number of hydrogen-bond acceptors (Lipinski definition) is 4. The molecule has 0 aromatic carbocycles. The first kappa shape index (κ1) is 11.8. The van der Waals surface area contributed by atoms with Crippen LogP contribution >= 0.6 is 11.8 Å². The quantitative estimate of drug-likeness (QED) is 0.703. The Hall–Kier alpha value is -0.240. The van der Waals surface area contributed by atoms with Crippen molar-refractivity contribution in [3.05, 3.63) is 0 Å². The van der Waals surface area contributed by atoms with E-state index in [1.54, 1.807) is 7.11 Å². The van der Waals surface area contributed by atoms with Gasteiger partial charge in [0.05, 0.1) is 12.7 Å². The fourth-order valence-corrected chi connectivity index (χ4v) is 3.11. The number of nitriles is 1. The SMILES string of the molecule is CNC1(C#N)CCC(SCCOC)C1. The second-order valence-electron chi connectivity index (χ2n) is 3.67.